The van der Waals surface area contributed by atoms with Crippen molar-refractivity contribution in [3.63, 3.8) is 0 Å². The van der Waals surface area contributed by atoms with Crippen molar-refractivity contribution >= 4 is 49.4 Å². The monoisotopic (exact) mass is 398 g/mol. The molecule has 5 nitrogen and oxygen atoms in total. The van der Waals surface area contributed by atoms with E-state index in [-0.39, 0.29) is 11.5 Å². The lowest BCUT2D eigenvalue weighted by atomic mass is 10.2. The van der Waals surface area contributed by atoms with Crippen LogP contribution in [0, 0.1) is 0 Å². The van der Waals surface area contributed by atoms with Crippen molar-refractivity contribution in [1.82, 2.24) is 4.98 Å². The molecule has 0 aliphatic carbocycles. The van der Waals surface area contributed by atoms with Gasteiger partial charge in [-0.1, -0.05) is 0 Å². The number of nitrogens with zero attached hydrogens (tertiary/aromatic N) is 1. The maximum Gasteiger partial charge on any atom is 0.335 e. The van der Waals surface area contributed by atoms with Crippen LogP contribution in [0.15, 0.2) is 45.6 Å². The minimum atomic E-state index is -1.03. The standard InChI is InChI=1S/C13H8Br2N2O3/c14-9-3-8(5-16-6-9)12(18)17-11-2-1-7(13(19)20)4-10(11)15/h1-6H,(H,17,18)(H,19,20). The van der Waals surface area contributed by atoms with Crippen molar-refractivity contribution in [3.8, 4) is 0 Å². The summed E-state index contributed by atoms with van der Waals surface area (Å²) in [6.07, 6.45) is 3.02. The first-order valence-corrected chi connectivity index (χ1v) is 7.00. The number of amides is 1. The molecule has 0 saturated heterocycles. The second-order valence-electron chi connectivity index (χ2n) is 3.85. The molecule has 2 N–H and O–H groups in total. The summed E-state index contributed by atoms with van der Waals surface area (Å²) in [5, 5.41) is 11.5. The number of carboxylic acid groups (broad SMARTS) is 1. The molecule has 0 fully saturated rings. The molecule has 0 aliphatic rings. The van der Waals surface area contributed by atoms with Gasteiger partial charge in [-0.25, -0.2) is 4.79 Å². The van der Waals surface area contributed by atoms with Crippen LogP contribution in [0.25, 0.3) is 0 Å². The van der Waals surface area contributed by atoms with Gasteiger partial charge in [0, 0.05) is 21.3 Å². The summed E-state index contributed by atoms with van der Waals surface area (Å²) in [6, 6.07) is 6.01. The average molecular weight is 400 g/mol. The first kappa shape index (κ1) is 14.7. The number of hydrogen-bond acceptors (Lipinski definition) is 3. The highest BCUT2D eigenvalue weighted by molar-refractivity contribution is 9.10. The van der Waals surface area contributed by atoms with E-state index in [1.165, 1.54) is 24.4 Å². The number of anilines is 1. The van der Waals surface area contributed by atoms with E-state index in [9.17, 15) is 9.59 Å². The Morgan fingerprint density at radius 1 is 1.10 bits per heavy atom. The molecule has 0 atom stereocenters. The van der Waals surface area contributed by atoms with E-state index in [0.717, 1.165) is 0 Å². The second kappa shape index (κ2) is 6.15. The van der Waals surface area contributed by atoms with Gasteiger partial charge in [0.2, 0.25) is 0 Å². The van der Waals surface area contributed by atoms with Crippen LogP contribution in [0.4, 0.5) is 5.69 Å². The summed E-state index contributed by atoms with van der Waals surface area (Å²) in [7, 11) is 0. The third-order valence-electron chi connectivity index (χ3n) is 2.43. The molecule has 2 aromatic rings. The number of hydrogen-bond donors (Lipinski definition) is 2. The summed E-state index contributed by atoms with van der Waals surface area (Å²) < 4.78 is 1.19. The largest absolute Gasteiger partial charge is 0.478 e. The maximum atomic E-state index is 12.0. The molecule has 20 heavy (non-hydrogen) atoms. The summed E-state index contributed by atoms with van der Waals surface area (Å²) in [5.74, 6) is -1.36. The molecule has 102 valence electrons. The highest BCUT2D eigenvalue weighted by Gasteiger charge is 2.11. The van der Waals surface area contributed by atoms with Crippen molar-refractivity contribution in [1.29, 1.82) is 0 Å². The Hall–Kier alpha value is -1.73. The van der Waals surface area contributed by atoms with Crippen molar-refractivity contribution < 1.29 is 14.7 Å². The van der Waals surface area contributed by atoms with Crippen molar-refractivity contribution in [2.24, 2.45) is 0 Å². The SMILES string of the molecule is O=C(O)c1ccc(NC(=O)c2cncc(Br)c2)c(Br)c1. The number of carboxylic acids is 1. The van der Waals surface area contributed by atoms with Gasteiger partial charge in [-0.05, 0) is 56.1 Å². The topological polar surface area (TPSA) is 79.3 Å². The van der Waals surface area contributed by atoms with Crippen LogP contribution in [-0.4, -0.2) is 22.0 Å². The lowest BCUT2D eigenvalue weighted by Gasteiger charge is -2.08. The summed E-state index contributed by atoms with van der Waals surface area (Å²) in [5.41, 5.74) is 1.02. The van der Waals surface area contributed by atoms with E-state index in [4.69, 9.17) is 5.11 Å². The molecule has 1 aromatic carbocycles. The predicted octanol–water partition coefficient (Wildman–Crippen LogP) is 3.56. The molecule has 1 amide bonds. The van der Waals surface area contributed by atoms with Gasteiger partial charge < -0.3 is 10.4 Å². The number of nitrogens with one attached hydrogen (secondary N) is 1. The maximum absolute atomic E-state index is 12.0. The molecule has 0 unspecified atom stereocenters. The summed E-state index contributed by atoms with van der Waals surface area (Å²) >= 11 is 6.47. The Morgan fingerprint density at radius 3 is 2.45 bits per heavy atom. The van der Waals surface area contributed by atoms with Gasteiger partial charge in [0.15, 0.2) is 0 Å². The third-order valence-corrected chi connectivity index (χ3v) is 3.52. The molecule has 1 aromatic heterocycles. The number of carbonyl (C=O) groups is 2. The molecular weight excluding hydrogens is 392 g/mol. The third kappa shape index (κ3) is 3.43. The molecule has 0 radical (unpaired) electrons. The highest BCUT2D eigenvalue weighted by Crippen LogP contribution is 2.24. The van der Waals surface area contributed by atoms with E-state index in [1.54, 1.807) is 12.3 Å². The number of pyridine rings is 1. The van der Waals surface area contributed by atoms with Gasteiger partial charge in [-0.3, -0.25) is 9.78 Å². The number of aromatic nitrogens is 1. The van der Waals surface area contributed by atoms with Gasteiger partial charge in [0.05, 0.1) is 16.8 Å². The van der Waals surface area contributed by atoms with Crippen LogP contribution in [-0.2, 0) is 0 Å². The molecule has 0 bridgehead atoms. The van der Waals surface area contributed by atoms with Crippen molar-refractivity contribution in [3.05, 3.63) is 56.7 Å². The van der Waals surface area contributed by atoms with Gasteiger partial charge in [-0.2, -0.15) is 0 Å². The smallest absolute Gasteiger partial charge is 0.335 e. The number of benzene rings is 1. The molecule has 0 saturated carbocycles. The van der Waals surface area contributed by atoms with E-state index in [2.05, 4.69) is 42.2 Å². The highest BCUT2D eigenvalue weighted by atomic mass is 79.9. The van der Waals surface area contributed by atoms with Gasteiger partial charge in [0.1, 0.15) is 0 Å². The Morgan fingerprint density at radius 2 is 1.85 bits per heavy atom. The lowest BCUT2D eigenvalue weighted by Crippen LogP contribution is -2.13. The van der Waals surface area contributed by atoms with Crippen molar-refractivity contribution in [2.45, 2.75) is 0 Å². The first-order valence-electron chi connectivity index (χ1n) is 5.42. The Labute approximate surface area is 131 Å². The minimum absolute atomic E-state index is 0.138. The lowest BCUT2D eigenvalue weighted by molar-refractivity contribution is 0.0696. The van der Waals surface area contributed by atoms with Crippen LogP contribution in [0.5, 0.6) is 0 Å². The molecule has 7 heteroatoms. The minimum Gasteiger partial charge on any atom is -0.478 e. The van der Waals surface area contributed by atoms with E-state index < -0.39 is 5.97 Å². The van der Waals surface area contributed by atoms with Gasteiger partial charge in [0.25, 0.3) is 5.91 Å². The predicted molar refractivity (Wildman–Crippen MR) is 81.0 cm³/mol. The number of halogens is 2. The van der Waals surface area contributed by atoms with Gasteiger partial charge >= 0.3 is 5.97 Å². The Balaban J connectivity index is 2.22. The first-order chi connectivity index (χ1) is 9.47. The fourth-order valence-corrected chi connectivity index (χ4v) is 2.32. The second-order valence-corrected chi connectivity index (χ2v) is 5.62. The fraction of sp³-hybridized carbons (Fsp3) is 0. The number of rotatable bonds is 3. The van der Waals surface area contributed by atoms with E-state index >= 15 is 0 Å². The number of carbonyl (C=O) groups excluding carboxylic acids is 1. The Bertz CT molecular complexity index is 689. The summed E-state index contributed by atoms with van der Waals surface area (Å²) in [6.45, 7) is 0. The van der Waals surface area contributed by atoms with Crippen LogP contribution < -0.4 is 5.32 Å². The normalized spacial score (nSPS) is 10.1. The van der Waals surface area contributed by atoms with Crippen LogP contribution in [0.1, 0.15) is 20.7 Å². The zero-order chi connectivity index (χ0) is 14.7. The molecular formula is C13H8Br2N2O3. The van der Waals surface area contributed by atoms with Gasteiger partial charge in [-0.15, -0.1) is 0 Å². The van der Waals surface area contributed by atoms with Crippen molar-refractivity contribution in [2.75, 3.05) is 5.32 Å². The molecule has 2 rings (SSSR count). The van der Waals surface area contributed by atoms with E-state index in [0.29, 0.717) is 20.2 Å². The quantitative estimate of drug-likeness (QED) is 0.826. The zero-order valence-corrected chi connectivity index (χ0v) is 13.1. The molecule has 1 heterocycles. The van der Waals surface area contributed by atoms with Crippen LogP contribution in [0.2, 0.25) is 0 Å². The fourth-order valence-electron chi connectivity index (χ4n) is 1.48. The Kier molecular flexibility index (Phi) is 4.51. The van der Waals surface area contributed by atoms with Crippen LogP contribution >= 0.6 is 31.9 Å². The molecule has 0 spiro atoms. The zero-order valence-electron chi connectivity index (χ0n) is 9.93. The molecule has 0 aliphatic heterocycles. The number of aromatic carboxylic acids is 1. The van der Waals surface area contributed by atoms with Crippen LogP contribution in [0.3, 0.4) is 0 Å². The summed E-state index contributed by atoms with van der Waals surface area (Å²) in [4.78, 5) is 26.8. The van der Waals surface area contributed by atoms with E-state index in [1.807, 2.05) is 0 Å². The average Bonchev–Trinajstić information content (AvgIpc) is 2.40.